The average Bonchev–Trinajstić information content (AvgIpc) is 3.27. The number of fused-ring (bicyclic) bond motifs is 3. The van der Waals surface area contributed by atoms with E-state index in [9.17, 15) is 0 Å². The predicted molar refractivity (Wildman–Crippen MR) is 131 cm³/mol. The normalized spacial score (nSPS) is 13.9. The molecule has 0 radical (unpaired) electrons. The molecule has 0 fully saturated rings. The van der Waals surface area contributed by atoms with Crippen LogP contribution in [0.4, 0.5) is 0 Å². The van der Waals surface area contributed by atoms with Crippen molar-refractivity contribution >= 4 is 10.1 Å². The van der Waals surface area contributed by atoms with Crippen LogP contribution in [0.3, 0.4) is 0 Å². The standard InChI is InChI=1S/C21H25.C5H5.C2H6Si.2ClH.Ti/c1-20(2,3)16-7-9-18-14(12-16)11-15-13-17(21(4,5)6)8-10-19(15)18;1-2-4-5-3-1;1-3-2;;;/h7-10,12H,11H2,1-6H3;1-3H,4H2;1-2H3;2*1H;/q;;;;;+2/p-2. The average molecular weight is 519 g/mol. The second kappa shape index (κ2) is 9.97. The molecule has 0 N–H and O–H groups in total. The maximum absolute atomic E-state index is 2.57. The molecular formula is C28H36Cl2SiTi. The van der Waals surface area contributed by atoms with Crippen LogP contribution in [0.2, 0.25) is 13.1 Å². The molecule has 0 heterocycles. The van der Waals surface area contributed by atoms with Gasteiger partial charge >= 0.3 is 191 Å². The van der Waals surface area contributed by atoms with Gasteiger partial charge in [0.1, 0.15) is 0 Å². The Morgan fingerprint density at radius 3 is 2.03 bits per heavy atom. The summed E-state index contributed by atoms with van der Waals surface area (Å²) in [6, 6.07) is 12.2. The van der Waals surface area contributed by atoms with Crippen molar-refractivity contribution in [1.82, 2.24) is 0 Å². The number of hydrogen-bond acceptors (Lipinski definition) is 0. The van der Waals surface area contributed by atoms with Crippen LogP contribution < -0.4 is 28.7 Å². The summed E-state index contributed by atoms with van der Waals surface area (Å²) in [5.74, 6) is 0. The van der Waals surface area contributed by atoms with Crippen LogP contribution in [0.15, 0.2) is 52.4 Å². The molecule has 0 bridgehead atoms. The summed E-state index contributed by atoms with van der Waals surface area (Å²) in [5.41, 5.74) is 9.70. The largest absolute Gasteiger partial charge is 1.00 e. The first-order valence-electron chi connectivity index (χ1n) is 11.3. The first-order chi connectivity index (χ1) is 14.0. The first-order valence-corrected chi connectivity index (χ1v) is 17.7. The molecule has 0 aliphatic heterocycles. The fraction of sp³-hybridized carbons (Fsp3) is 0.429. The SMILES string of the molecule is C[Si](C)=[Ti+2]([C]1=CC=CC1)[c]1c(C(C)(C)C)ccc2c1Cc1cc(C(C)(C)C)ccc1-2.[Cl-].[Cl-]. The minimum Gasteiger partial charge on any atom is -1.00 e. The summed E-state index contributed by atoms with van der Waals surface area (Å²) >= 11 is -1.53. The van der Waals surface area contributed by atoms with Gasteiger partial charge in [0.15, 0.2) is 0 Å². The summed E-state index contributed by atoms with van der Waals surface area (Å²) in [4.78, 5) is 0. The van der Waals surface area contributed by atoms with E-state index in [-0.39, 0.29) is 41.8 Å². The minimum absolute atomic E-state index is 0. The maximum atomic E-state index is 2.57. The summed E-state index contributed by atoms with van der Waals surface area (Å²) in [7, 11) is 0. The predicted octanol–water partition coefficient (Wildman–Crippen LogP) is 1.20. The smallest absolute Gasteiger partial charge is 1.00 e. The van der Waals surface area contributed by atoms with E-state index in [1.165, 1.54) is 23.1 Å². The van der Waals surface area contributed by atoms with Crippen LogP contribution in [-0.4, -0.2) is 6.19 Å². The molecule has 170 valence electrons. The van der Waals surface area contributed by atoms with E-state index < -0.39 is 16.6 Å². The molecule has 32 heavy (non-hydrogen) atoms. The Morgan fingerprint density at radius 2 is 1.50 bits per heavy atom. The van der Waals surface area contributed by atoms with Crippen LogP contribution in [0.1, 0.15) is 70.2 Å². The Kier molecular flexibility index (Phi) is 8.62. The van der Waals surface area contributed by atoms with Gasteiger partial charge in [0.2, 0.25) is 0 Å². The van der Waals surface area contributed by atoms with E-state index in [1.54, 1.807) is 20.6 Å². The third-order valence-corrected chi connectivity index (χ3v) is 17.9. The van der Waals surface area contributed by atoms with E-state index in [1.807, 2.05) is 3.87 Å². The third kappa shape index (κ3) is 5.08. The Labute approximate surface area is 214 Å². The van der Waals surface area contributed by atoms with Gasteiger partial charge in [0.05, 0.1) is 0 Å². The molecule has 0 saturated carbocycles. The zero-order valence-electron chi connectivity index (χ0n) is 20.8. The van der Waals surface area contributed by atoms with Crippen LogP contribution in [0, 0.1) is 0 Å². The molecule has 0 nitrogen and oxygen atoms in total. The number of allylic oxidation sites excluding steroid dienone is 4. The summed E-state index contributed by atoms with van der Waals surface area (Å²) in [6.45, 7) is 19.4. The molecule has 0 atom stereocenters. The second-order valence-corrected chi connectivity index (χ2v) is 23.0. The topological polar surface area (TPSA) is 0 Å². The van der Waals surface area contributed by atoms with Gasteiger partial charge in [-0.2, -0.15) is 0 Å². The fourth-order valence-electron chi connectivity index (χ4n) is 5.02. The first kappa shape index (κ1) is 27.7. The third-order valence-electron chi connectivity index (χ3n) is 6.59. The molecule has 0 aromatic heterocycles. The number of rotatable bonds is 2. The van der Waals surface area contributed by atoms with Gasteiger partial charge < -0.3 is 24.8 Å². The van der Waals surface area contributed by atoms with Crippen molar-refractivity contribution in [3.8, 4) is 11.1 Å². The zero-order valence-corrected chi connectivity index (χ0v) is 24.9. The van der Waals surface area contributed by atoms with Gasteiger partial charge in [-0.05, 0) is 0 Å². The molecule has 0 amide bonds. The van der Waals surface area contributed by atoms with Crippen LogP contribution in [0.25, 0.3) is 11.1 Å². The Hall–Kier alpha value is -0.569. The van der Waals surface area contributed by atoms with Crippen molar-refractivity contribution in [3.63, 3.8) is 0 Å². The van der Waals surface area contributed by atoms with Gasteiger partial charge in [0.25, 0.3) is 0 Å². The monoisotopic (exact) mass is 518 g/mol. The van der Waals surface area contributed by atoms with E-state index in [2.05, 4.69) is 103 Å². The minimum atomic E-state index is -1.53. The molecule has 2 aromatic carbocycles. The van der Waals surface area contributed by atoms with Gasteiger partial charge in [-0.3, -0.25) is 0 Å². The van der Waals surface area contributed by atoms with Gasteiger partial charge in [0, 0.05) is 0 Å². The molecule has 0 spiro atoms. The second-order valence-electron chi connectivity index (χ2n) is 11.3. The van der Waals surface area contributed by atoms with E-state index >= 15 is 0 Å². The van der Waals surface area contributed by atoms with Crippen LogP contribution in [-0.2, 0) is 33.9 Å². The molecule has 0 saturated heterocycles. The van der Waals surface area contributed by atoms with Crippen molar-refractivity contribution < 1.29 is 41.4 Å². The number of halogens is 2. The summed E-state index contributed by atoms with van der Waals surface area (Å²) in [5, 5.41) is 0. The summed E-state index contributed by atoms with van der Waals surface area (Å²) in [6.07, 6.45) is 9.10. The van der Waals surface area contributed by atoms with Crippen molar-refractivity contribution in [3.05, 3.63) is 74.7 Å². The van der Waals surface area contributed by atoms with Crippen molar-refractivity contribution in [2.75, 3.05) is 0 Å². The Balaban J connectivity index is 0.00000181. The number of benzene rings is 2. The molecule has 0 unspecified atom stereocenters. The molecule has 2 aliphatic rings. The Bertz CT molecular complexity index is 1120. The van der Waals surface area contributed by atoms with Crippen molar-refractivity contribution in [2.24, 2.45) is 0 Å². The maximum Gasteiger partial charge on any atom is -1.00 e. The van der Waals surface area contributed by atoms with Gasteiger partial charge in [-0.25, -0.2) is 0 Å². The van der Waals surface area contributed by atoms with E-state index in [4.69, 9.17) is 0 Å². The van der Waals surface area contributed by atoms with Crippen LogP contribution >= 0.6 is 0 Å². The van der Waals surface area contributed by atoms with Gasteiger partial charge in [-0.1, -0.05) is 0 Å². The molecule has 4 heteroatoms. The molecule has 2 aliphatic carbocycles. The van der Waals surface area contributed by atoms with E-state index in [0.29, 0.717) is 0 Å². The van der Waals surface area contributed by atoms with Crippen molar-refractivity contribution in [2.45, 2.75) is 78.3 Å². The zero-order chi connectivity index (χ0) is 21.8. The Morgan fingerprint density at radius 1 is 0.844 bits per heavy atom. The van der Waals surface area contributed by atoms with Crippen LogP contribution in [0.5, 0.6) is 0 Å². The van der Waals surface area contributed by atoms with Gasteiger partial charge in [-0.15, -0.1) is 0 Å². The van der Waals surface area contributed by atoms with Crippen molar-refractivity contribution in [1.29, 1.82) is 0 Å². The molecule has 2 aromatic rings. The number of hydrogen-bond donors (Lipinski definition) is 0. The summed E-state index contributed by atoms with van der Waals surface area (Å²) < 4.78 is 3.61. The quantitative estimate of drug-likeness (QED) is 0.447. The molecule has 4 rings (SSSR count). The molecular weight excluding hydrogens is 483 g/mol. The van der Waals surface area contributed by atoms with E-state index in [0.717, 1.165) is 6.42 Å². The fourth-order valence-corrected chi connectivity index (χ4v) is 16.8.